The zero-order valence-electron chi connectivity index (χ0n) is 16.9. The summed E-state index contributed by atoms with van der Waals surface area (Å²) >= 11 is 12.6. The van der Waals surface area contributed by atoms with Crippen molar-refractivity contribution in [3.63, 3.8) is 0 Å². The van der Waals surface area contributed by atoms with E-state index in [1.807, 2.05) is 19.0 Å². The molecule has 3 atom stereocenters. The predicted octanol–water partition coefficient (Wildman–Crippen LogP) is 4.17. The van der Waals surface area contributed by atoms with E-state index in [0.29, 0.717) is 25.7 Å². The van der Waals surface area contributed by atoms with Gasteiger partial charge in [-0.3, -0.25) is 0 Å². The molecule has 0 radical (unpaired) electrons. The van der Waals surface area contributed by atoms with Gasteiger partial charge in [0.15, 0.2) is 0 Å². The third-order valence-corrected chi connectivity index (χ3v) is 6.64. The molecule has 0 bridgehead atoms. The molecule has 2 aliphatic rings. The monoisotopic (exact) mass is 424 g/mol. The molecule has 1 saturated carbocycles. The molecule has 0 amide bonds. The topological polar surface area (TPSA) is 51.7 Å². The molecule has 0 spiro atoms. The summed E-state index contributed by atoms with van der Waals surface area (Å²) in [5.74, 6) is 6.76. The number of rotatable bonds is 7. The first-order valence-corrected chi connectivity index (χ1v) is 10.2. The fourth-order valence-corrected chi connectivity index (χ4v) is 4.67. The van der Waals surface area contributed by atoms with Crippen LogP contribution in [-0.4, -0.2) is 49.7 Å². The van der Waals surface area contributed by atoms with E-state index in [-0.39, 0.29) is 38.2 Å². The van der Waals surface area contributed by atoms with E-state index in [0.717, 1.165) is 6.42 Å². The maximum atomic E-state index is 12.8. The van der Waals surface area contributed by atoms with Crippen LogP contribution in [0.4, 0.5) is 0 Å². The highest BCUT2D eigenvalue weighted by molar-refractivity contribution is 6.39. The molecule has 1 heterocycles. The Kier molecular flexibility index (Phi) is 5.87. The Balaban J connectivity index is 1.72. The Morgan fingerprint density at radius 1 is 1.36 bits per heavy atom. The average Bonchev–Trinajstić information content (AvgIpc) is 3.09. The summed E-state index contributed by atoms with van der Waals surface area (Å²) in [6, 6.07) is 0. The lowest BCUT2D eigenvalue weighted by Crippen LogP contribution is -2.24. The molecule has 2 aliphatic carbocycles. The van der Waals surface area contributed by atoms with Crippen LogP contribution in [0.2, 0.25) is 10.0 Å². The first-order chi connectivity index (χ1) is 13.1. The van der Waals surface area contributed by atoms with Crippen molar-refractivity contribution >= 4 is 29.2 Å². The van der Waals surface area contributed by atoms with Crippen LogP contribution in [0.3, 0.4) is 0 Å². The van der Waals surface area contributed by atoms with Gasteiger partial charge in [0.05, 0.1) is 17.8 Å². The number of hydrogen-bond acceptors (Lipinski definition) is 5. The minimum absolute atomic E-state index is 0.0251. The van der Waals surface area contributed by atoms with Crippen LogP contribution < -0.4 is 4.74 Å². The quantitative estimate of drug-likeness (QED) is 0.485. The lowest BCUT2D eigenvalue weighted by Gasteiger charge is -2.23. The molecule has 3 rings (SSSR count). The van der Waals surface area contributed by atoms with Gasteiger partial charge in [0, 0.05) is 23.8 Å². The van der Waals surface area contributed by atoms with Crippen LogP contribution in [0.15, 0.2) is 6.20 Å². The molecular weight excluding hydrogens is 399 g/mol. The summed E-state index contributed by atoms with van der Waals surface area (Å²) in [6.07, 6.45) is 2.28. The Labute approximate surface area is 176 Å². The molecule has 5 nitrogen and oxygen atoms in total. The van der Waals surface area contributed by atoms with Gasteiger partial charge in [-0.05, 0) is 25.9 Å². The fourth-order valence-electron chi connectivity index (χ4n) is 4.12. The van der Waals surface area contributed by atoms with Crippen molar-refractivity contribution in [3.8, 4) is 17.7 Å². The van der Waals surface area contributed by atoms with E-state index in [2.05, 4.69) is 37.6 Å². The fraction of sp³-hybridized carbons (Fsp3) is 0.619. The minimum Gasteiger partial charge on any atom is -0.475 e. The van der Waals surface area contributed by atoms with Crippen molar-refractivity contribution in [1.29, 1.82) is 0 Å². The van der Waals surface area contributed by atoms with Crippen molar-refractivity contribution in [2.24, 2.45) is 22.7 Å². The van der Waals surface area contributed by atoms with Crippen LogP contribution in [0, 0.1) is 34.5 Å². The maximum Gasteiger partial charge on any atom is 0.341 e. The number of carbonyl (C=O) groups is 1. The molecule has 28 heavy (non-hydrogen) atoms. The molecule has 7 heteroatoms. The highest BCUT2D eigenvalue weighted by Crippen LogP contribution is 2.72. The largest absolute Gasteiger partial charge is 0.475 e. The maximum absolute atomic E-state index is 12.8. The second kappa shape index (κ2) is 7.74. The number of fused-ring (bicyclic) bond motifs is 1. The number of ether oxygens (including phenoxy) is 2. The number of pyridine rings is 1. The number of carbonyl (C=O) groups excluding carboxylic acids is 1. The van der Waals surface area contributed by atoms with E-state index < -0.39 is 5.97 Å². The van der Waals surface area contributed by atoms with Crippen LogP contribution in [0.25, 0.3) is 0 Å². The number of nitrogens with zero attached hydrogens (tertiary/aromatic N) is 2. The molecule has 152 valence electrons. The van der Waals surface area contributed by atoms with Crippen molar-refractivity contribution in [2.45, 2.75) is 27.2 Å². The molecule has 1 aromatic heterocycles. The van der Waals surface area contributed by atoms with Gasteiger partial charge in [-0.15, -0.1) is 0 Å². The zero-order valence-corrected chi connectivity index (χ0v) is 18.4. The summed E-state index contributed by atoms with van der Waals surface area (Å²) in [6.45, 7) is 7.86. The second-order valence-corrected chi connectivity index (χ2v) is 9.32. The lowest BCUT2D eigenvalue weighted by molar-refractivity contribution is 0.0353. The normalized spacial score (nSPS) is 26.9. The third-order valence-electron chi connectivity index (χ3n) is 6.00. The number of aromatic nitrogens is 1. The smallest absolute Gasteiger partial charge is 0.341 e. The highest BCUT2D eigenvalue weighted by atomic mass is 35.5. The summed E-state index contributed by atoms with van der Waals surface area (Å²) in [5.41, 5.74) is 0.0151. The van der Waals surface area contributed by atoms with Crippen LogP contribution in [0.5, 0.6) is 5.88 Å². The van der Waals surface area contributed by atoms with Crippen LogP contribution >= 0.6 is 23.2 Å². The second-order valence-electron chi connectivity index (χ2n) is 8.53. The van der Waals surface area contributed by atoms with Gasteiger partial charge in [-0.1, -0.05) is 55.8 Å². The molecule has 1 fully saturated rings. The first-order valence-electron chi connectivity index (χ1n) is 9.40. The zero-order chi connectivity index (χ0) is 20.7. The molecule has 3 unspecified atom stereocenters. The number of esters is 1. The Morgan fingerprint density at radius 2 is 2.07 bits per heavy atom. The van der Waals surface area contributed by atoms with Crippen LogP contribution in [-0.2, 0) is 4.74 Å². The molecule has 1 aromatic rings. The summed E-state index contributed by atoms with van der Waals surface area (Å²) in [4.78, 5) is 18.9. The van der Waals surface area contributed by atoms with E-state index in [4.69, 9.17) is 32.7 Å². The summed E-state index contributed by atoms with van der Waals surface area (Å²) in [7, 11) is 3.87. The minimum atomic E-state index is -0.558. The van der Waals surface area contributed by atoms with Gasteiger partial charge in [0.2, 0.25) is 5.88 Å². The average molecular weight is 425 g/mol. The van der Waals surface area contributed by atoms with Crippen molar-refractivity contribution in [3.05, 3.63) is 21.8 Å². The number of likely N-dealkylation sites (N-methyl/N-ethyl adjacent to an activating group) is 1. The Bertz CT molecular complexity index is 844. The highest BCUT2D eigenvalue weighted by Gasteiger charge is 2.71. The van der Waals surface area contributed by atoms with Gasteiger partial charge >= 0.3 is 5.97 Å². The molecule has 0 aromatic carbocycles. The predicted molar refractivity (Wildman–Crippen MR) is 110 cm³/mol. The SMILES string of the molecule is CC1C#CC2C(C)(C)C2(COC(=O)c2c(Cl)cnc(OCCN(C)C)c2Cl)C1. The lowest BCUT2D eigenvalue weighted by atomic mass is 9.85. The van der Waals surface area contributed by atoms with Gasteiger partial charge in [0.1, 0.15) is 17.2 Å². The van der Waals surface area contributed by atoms with Crippen molar-refractivity contribution in [1.82, 2.24) is 9.88 Å². The Morgan fingerprint density at radius 3 is 2.75 bits per heavy atom. The standard InChI is InChI=1S/C21H26Cl2N2O3/c1-13-6-7-15-20(2,3)21(15,10-13)12-28-19(26)16-14(22)11-24-18(17(16)23)27-9-8-25(4)5/h11,13,15H,8-10,12H2,1-5H3. The van der Waals surface area contributed by atoms with Gasteiger partial charge in [0.25, 0.3) is 0 Å². The molecule has 0 aliphatic heterocycles. The van der Waals surface area contributed by atoms with Gasteiger partial charge in [-0.2, -0.15) is 0 Å². The van der Waals surface area contributed by atoms with Gasteiger partial charge in [-0.25, -0.2) is 9.78 Å². The van der Waals surface area contributed by atoms with E-state index >= 15 is 0 Å². The third kappa shape index (κ3) is 3.70. The van der Waals surface area contributed by atoms with E-state index in [1.54, 1.807) is 0 Å². The molecule has 0 saturated heterocycles. The van der Waals surface area contributed by atoms with Crippen molar-refractivity contribution in [2.75, 3.05) is 33.9 Å². The number of hydrogen-bond donors (Lipinski definition) is 0. The molecule has 0 N–H and O–H groups in total. The van der Waals surface area contributed by atoms with E-state index in [9.17, 15) is 4.79 Å². The summed E-state index contributed by atoms with van der Waals surface area (Å²) in [5, 5.41) is 0.230. The van der Waals surface area contributed by atoms with Crippen molar-refractivity contribution < 1.29 is 14.3 Å². The summed E-state index contributed by atoms with van der Waals surface area (Å²) < 4.78 is 11.3. The van der Waals surface area contributed by atoms with Gasteiger partial charge < -0.3 is 14.4 Å². The first kappa shape index (κ1) is 21.2. The number of halogens is 2. The molecular formula is C21H26Cl2N2O3. The van der Waals surface area contributed by atoms with E-state index in [1.165, 1.54) is 6.20 Å². The van der Waals surface area contributed by atoms with Crippen LogP contribution in [0.1, 0.15) is 37.6 Å². The Hall–Kier alpha value is -1.48.